The predicted octanol–water partition coefficient (Wildman–Crippen LogP) is 4.23. The first-order valence-corrected chi connectivity index (χ1v) is 7.62. The summed E-state index contributed by atoms with van der Waals surface area (Å²) in [6, 6.07) is 0. The minimum atomic E-state index is -1.38. The van der Waals surface area contributed by atoms with Crippen LogP contribution in [0.5, 0.6) is 0 Å². The highest BCUT2D eigenvalue weighted by Crippen LogP contribution is 2.11. The van der Waals surface area contributed by atoms with Gasteiger partial charge in [0.25, 0.3) is 0 Å². The second kappa shape index (κ2) is 13.1. The molecule has 22 heavy (non-hydrogen) atoms. The lowest BCUT2D eigenvalue weighted by molar-refractivity contribution is -0.505. The third-order valence-electron chi connectivity index (χ3n) is 2.91. The van der Waals surface area contributed by atoms with Crippen molar-refractivity contribution in [2.24, 2.45) is 0 Å². The lowest BCUT2D eigenvalue weighted by Crippen LogP contribution is -2.20. The highest BCUT2D eigenvalue weighted by Gasteiger charge is 2.18. The van der Waals surface area contributed by atoms with Gasteiger partial charge < -0.3 is 4.74 Å². The van der Waals surface area contributed by atoms with Crippen LogP contribution in [-0.2, 0) is 29.3 Å². The monoisotopic (exact) mass is 322 g/mol. The van der Waals surface area contributed by atoms with Gasteiger partial charge in [-0.2, -0.15) is 24.3 Å². The van der Waals surface area contributed by atoms with Gasteiger partial charge >= 0.3 is 12.3 Å². The third-order valence-corrected chi connectivity index (χ3v) is 2.91. The molecule has 0 aliphatic carbocycles. The van der Waals surface area contributed by atoms with Crippen LogP contribution in [0.4, 0.5) is 9.59 Å². The summed E-state index contributed by atoms with van der Waals surface area (Å²) in [5.74, 6) is 0. The summed E-state index contributed by atoms with van der Waals surface area (Å²) in [5.41, 5.74) is 0. The van der Waals surface area contributed by atoms with E-state index in [1.807, 2.05) is 13.8 Å². The molecular weight excluding hydrogens is 296 g/mol. The van der Waals surface area contributed by atoms with E-state index in [0.29, 0.717) is 12.8 Å². The molecule has 0 N–H and O–H groups in total. The second-order valence-corrected chi connectivity index (χ2v) is 4.78. The maximum atomic E-state index is 11.3. The van der Waals surface area contributed by atoms with Crippen LogP contribution in [0, 0.1) is 0 Å². The van der Waals surface area contributed by atoms with E-state index in [4.69, 9.17) is 4.74 Å². The van der Waals surface area contributed by atoms with Crippen LogP contribution in [0.15, 0.2) is 0 Å². The van der Waals surface area contributed by atoms with Gasteiger partial charge in [-0.25, -0.2) is 4.89 Å². The third kappa shape index (κ3) is 11.2. The Hall–Kier alpha value is -1.54. The van der Waals surface area contributed by atoms with Crippen molar-refractivity contribution in [2.45, 2.75) is 78.4 Å². The smallest absolute Gasteiger partial charge is 0.428 e. The molecule has 0 saturated heterocycles. The van der Waals surface area contributed by atoms with Crippen molar-refractivity contribution in [1.82, 2.24) is 0 Å². The number of unbranched alkanes of at least 4 members (excludes halogenated alkanes) is 2. The molecule has 0 aromatic carbocycles. The molecule has 0 bridgehead atoms. The molecule has 0 rings (SSSR count). The average molecular weight is 322 g/mol. The van der Waals surface area contributed by atoms with Gasteiger partial charge in [-0.15, -0.1) is 0 Å². The van der Waals surface area contributed by atoms with E-state index in [1.54, 1.807) is 6.92 Å². The van der Waals surface area contributed by atoms with E-state index >= 15 is 0 Å². The van der Waals surface area contributed by atoms with Crippen molar-refractivity contribution < 1.29 is 38.9 Å². The van der Waals surface area contributed by atoms with Crippen molar-refractivity contribution in [1.29, 1.82) is 0 Å². The number of hydrogen-bond donors (Lipinski definition) is 0. The minimum Gasteiger partial charge on any atom is -0.428 e. The molecule has 0 saturated carbocycles. The van der Waals surface area contributed by atoms with Gasteiger partial charge in [-0.3, -0.25) is 0 Å². The SMILES string of the molecule is CCCCCC(CC)OC(=O)OOC(=O)OOOC(C)CC. The first kappa shape index (κ1) is 20.5. The van der Waals surface area contributed by atoms with Crippen molar-refractivity contribution in [3.63, 3.8) is 0 Å². The Morgan fingerprint density at radius 1 is 0.909 bits per heavy atom. The fraction of sp³-hybridized carbons (Fsp3) is 0.857. The van der Waals surface area contributed by atoms with Crippen molar-refractivity contribution >= 4 is 12.3 Å². The van der Waals surface area contributed by atoms with Crippen LogP contribution in [-0.4, -0.2) is 24.5 Å². The topological polar surface area (TPSA) is 89.5 Å². The standard InChI is InChI=1S/C14H26O8/c1-5-8-9-10-12(7-3)17-13(15)19-20-14(16)21-22-18-11(4)6-2/h11-12H,5-10H2,1-4H3. The Morgan fingerprint density at radius 3 is 2.18 bits per heavy atom. The fourth-order valence-electron chi connectivity index (χ4n) is 1.39. The summed E-state index contributed by atoms with van der Waals surface area (Å²) < 4.78 is 4.99. The van der Waals surface area contributed by atoms with Crippen LogP contribution in [0.3, 0.4) is 0 Å². The van der Waals surface area contributed by atoms with Gasteiger partial charge in [0.1, 0.15) is 6.10 Å². The van der Waals surface area contributed by atoms with Crippen LogP contribution in [0.1, 0.15) is 66.2 Å². The minimum absolute atomic E-state index is 0.257. The predicted molar refractivity (Wildman–Crippen MR) is 75.3 cm³/mol. The van der Waals surface area contributed by atoms with E-state index in [2.05, 4.69) is 31.5 Å². The van der Waals surface area contributed by atoms with Crippen LogP contribution in [0.25, 0.3) is 0 Å². The van der Waals surface area contributed by atoms with Gasteiger partial charge in [-0.05, 0) is 37.6 Å². The molecule has 0 aliphatic heterocycles. The summed E-state index contributed by atoms with van der Waals surface area (Å²) >= 11 is 0. The Kier molecular flexibility index (Phi) is 12.2. The molecule has 2 unspecified atom stereocenters. The van der Waals surface area contributed by atoms with Gasteiger partial charge in [-0.1, -0.05) is 33.6 Å². The van der Waals surface area contributed by atoms with E-state index in [1.165, 1.54) is 0 Å². The summed E-state index contributed by atoms with van der Waals surface area (Å²) in [5, 5.41) is 4.14. The average Bonchev–Trinajstić information content (AvgIpc) is 2.51. The molecule has 0 aliphatic rings. The first-order chi connectivity index (χ1) is 10.5. The zero-order valence-corrected chi connectivity index (χ0v) is 13.7. The zero-order valence-electron chi connectivity index (χ0n) is 13.7. The van der Waals surface area contributed by atoms with Gasteiger partial charge in [0.2, 0.25) is 0 Å². The maximum absolute atomic E-state index is 11.3. The molecule has 0 spiro atoms. The van der Waals surface area contributed by atoms with E-state index in [9.17, 15) is 9.59 Å². The molecule has 0 radical (unpaired) electrons. The molecule has 0 amide bonds. The normalized spacial score (nSPS) is 13.1. The molecule has 0 aromatic rings. The molecule has 0 heterocycles. The number of ether oxygens (including phenoxy) is 1. The molecule has 8 nitrogen and oxygen atoms in total. The lowest BCUT2D eigenvalue weighted by atomic mass is 10.1. The zero-order chi connectivity index (χ0) is 16.8. The lowest BCUT2D eigenvalue weighted by Gasteiger charge is -2.14. The fourth-order valence-corrected chi connectivity index (χ4v) is 1.39. The summed E-state index contributed by atoms with van der Waals surface area (Å²) in [4.78, 5) is 39.2. The van der Waals surface area contributed by atoms with Crippen molar-refractivity contribution in [3.05, 3.63) is 0 Å². The van der Waals surface area contributed by atoms with E-state index in [0.717, 1.165) is 25.7 Å². The number of rotatable bonds is 10. The highest BCUT2D eigenvalue weighted by molar-refractivity contribution is 5.63. The van der Waals surface area contributed by atoms with Gasteiger partial charge in [0.05, 0.1) is 6.10 Å². The maximum Gasteiger partial charge on any atom is 0.584 e. The summed E-state index contributed by atoms with van der Waals surface area (Å²) in [7, 11) is 0. The summed E-state index contributed by atoms with van der Waals surface area (Å²) in [6.07, 6.45) is 2.12. The van der Waals surface area contributed by atoms with Gasteiger partial charge in [0.15, 0.2) is 0 Å². The molecule has 0 fully saturated rings. The van der Waals surface area contributed by atoms with Gasteiger partial charge in [0, 0.05) is 0 Å². The molecule has 0 aromatic heterocycles. The quantitative estimate of drug-likeness (QED) is 0.255. The van der Waals surface area contributed by atoms with Crippen molar-refractivity contribution in [2.75, 3.05) is 0 Å². The molecular formula is C14H26O8. The first-order valence-electron chi connectivity index (χ1n) is 7.62. The largest absolute Gasteiger partial charge is 0.584 e. The second-order valence-electron chi connectivity index (χ2n) is 4.78. The molecule has 2 atom stereocenters. The van der Waals surface area contributed by atoms with E-state index < -0.39 is 12.3 Å². The number of hydrogen-bond acceptors (Lipinski definition) is 8. The van der Waals surface area contributed by atoms with Crippen LogP contribution >= 0.6 is 0 Å². The number of carbonyl (C=O) groups excluding carboxylic acids is 2. The number of carbonyl (C=O) groups is 2. The van der Waals surface area contributed by atoms with E-state index in [-0.39, 0.29) is 12.2 Å². The molecule has 130 valence electrons. The Labute approximate surface area is 130 Å². The highest BCUT2D eigenvalue weighted by atomic mass is 17.5. The van der Waals surface area contributed by atoms with Crippen LogP contribution in [0.2, 0.25) is 0 Å². The Morgan fingerprint density at radius 2 is 1.59 bits per heavy atom. The Bertz CT molecular complexity index is 307. The van der Waals surface area contributed by atoms with Crippen LogP contribution < -0.4 is 0 Å². The Balaban J connectivity index is 3.79. The summed E-state index contributed by atoms with van der Waals surface area (Å²) in [6.45, 7) is 7.55. The molecule has 8 heteroatoms. The van der Waals surface area contributed by atoms with Crippen molar-refractivity contribution in [3.8, 4) is 0 Å².